The van der Waals surface area contributed by atoms with Gasteiger partial charge in [-0.15, -0.1) is 0 Å². The summed E-state index contributed by atoms with van der Waals surface area (Å²) in [6, 6.07) is 12.1. The molecule has 9 heteroatoms. The predicted molar refractivity (Wildman–Crippen MR) is 129 cm³/mol. The van der Waals surface area contributed by atoms with Crippen molar-refractivity contribution in [2.45, 2.75) is 32.2 Å². The van der Waals surface area contributed by atoms with Gasteiger partial charge in [0.1, 0.15) is 11.5 Å². The van der Waals surface area contributed by atoms with Crippen LogP contribution in [0.5, 0.6) is 0 Å². The minimum Gasteiger partial charge on any atom is -0.512 e. The molecular weight excluding hydrogens is 472 g/mol. The van der Waals surface area contributed by atoms with Crippen molar-refractivity contribution in [3.05, 3.63) is 76.0 Å². The molecule has 1 unspecified atom stereocenters. The highest BCUT2D eigenvalue weighted by molar-refractivity contribution is 6.57. The molecule has 1 aliphatic carbocycles. The summed E-state index contributed by atoms with van der Waals surface area (Å²) in [7, 11) is 0. The Balaban J connectivity index is 1.91. The number of benzene rings is 2. The van der Waals surface area contributed by atoms with Crippen molar-refractivity contribution in [2.75, 3.05) is 10.2 Å². The minimum absolute atomic E-state index is 0.0335. The number of para-hydroxylation sites is 2. The summed E-state index contributed by atoms with van der Waals surface area (Å²) in [5.74, 6) is -4.81. The topological polar surface area (TPSA) is 124 Å². The molecular formula is C26H21ClN2O6. The first-order chi connectivity index (χ1) is 16.5. The standard InChI is InChI=1S/C26H21ClN2O6/c1-25(2)11-17(30)19(18(31)12-25)26-20(21(32)13-7-9-14(27)10-8-13)22(33)23(34)29(26)16-6-4-3-5-15(16)28-24(26)35/h3-10,30,32H,11-12H2,1-2H3,(H,28,35)/b21-20-. The van der Waals surface area contributed by atoms with E-state index >= 15 is 0 Å². The first-order valence-corrected chi connectivity index (χ1v) is 11.3. The molecule has 3 N–H and O–H groups in total. The first kappa shape index (κ1) is 22.9. The van der Waals surface area contributed by atoms with Crippen molar-refractivity contribution >= 4 is 52.1 Å². The van der Waals surface area contributed by atoms with E-state index in [1.165, 1.54) is 30.3 Å². The Labute approximate surface area is 205 Å². The van der Waals surface area contributed by atoms with Crippen LogP contribution >= 0.6 is 11.6 Å². The number of hydrogen-bond acceptors (Lipinski definition) is 6. The van der Waals surface area contributed by atoms with Gasteiger partial charge in [0, 0.05) is 23.4 Å². The number of anilines is 2. The molecule has 1 saturated heterocycles. The van der Waals surface area contributed by atoms with Crippen molar-refractivity contribution in [3.8, 4) is 0 Å². The van der Waals surface area contributed by atoms with Gasteiger partial charge < -0.3 is 15.5 Å². The molecule has 8 nitrogen and oxygen atoms in total. The van der Waals surface area contributed by atoms with Gasteiger partial charge in [-0.2, -0.15) is 0 Å². The fourth-order valence-corrected chi connectivity index (χ4v) is 5.34. The molecule has 2 aliphatic heterocycles. The Morgan fingerprint density at radius 1 is 1.00 bits per heavy atom. The number of Topliss-reactive ketones (excluding diaryl/α,β-unsaturated/α-hetero) is 2. The number of aliphatic hydroxyl groups excluding tert-OH is 2. The van der Waals surface area contributed by atoms with Crippen LogP contribution < -0.4 is 10.2 Å². The Hall–Kier alpha value is -3.91. The van der Waals surface area contributed by atoms with Crippen LogP contribution in [0.2, 0.25) is 5.02 Å². The molecule has 0 saturated carbocycles. The van der Waals surface area contributed by atoms with E-state index in [0.717, 1.165) is 4.90 Å². The van der Waals surface area contributed by atoms with Gasteiger partial charge in [-0.05, 0) is 41.8 Å². The summed E-state index contributed by atoms with van der Waals surface area (Å²) in [6.07, 6.45) is 0.00420. The Morgan fingerprint density at radius 3 is 2.31 bits per heavy atom. The highest BCUT2D eigenvalue weighted by atomic mass is 35.5. The molecule has 2 heterocycles. The third-order valence-electron chi connectivity index (χ3n) is 6.61. The van der Waals surface area contributed by atoms with E-state index in [4.69, 9.17) is 11.6 Å². The van der Waals surface area contributed by atoms with Gasteiger partial charge in [0.15, 0.2) is 11.3 Å². The first-order valence-electron chi connectivity index (χ1n) is 10.9. The third-order valence-corrected chi connectivity index (χ3v) is 6.86. The lowest BCUT2D eigenvalue weighted by molar-refractivity contribution is -0.132. The zero-order chi connectivity index (χ0) is 25.3. The molecule has 3 aliphatic rings. The predicted octanol–water partition coefficient (Wildman–Crippen LogP) is 4.12. The number of carbonyl (C=O) groups excluding carboxylic acids is 4. The monoisotopic (exact) mass is 492 g/mol. The second kappa shape index (κ2) is 7.55. The number of halogens is 1. The number of hydrogen-bond donors (Lipinski definition) is 3. The number of allylic oxidation sites excluding steroid dienone is 1. The van der Waals surface area contributed by atoms with E-state index in [1.807, 2.05) is 0 Å². The summed E-state index contributed by atoms with van der Waals surface area (Å²) in [5.41, 5.74) is -3.44. The van der Waals surface area contributed by atoms with Gasteiger partial charge in [0.05, 0.1) is 22.5 Å². The molecule has 2 aromatic carbocycles. The van der Waals surface area contributed by atoms with Crippen LogP contribution in [0, 0.1) is 5.41 Å². The Bertz CT molecular complexity index is 1410. The number of rotatable bonds is 2. The lowest BCUT2D eigenvalue weighted by atomic mass is 9.68. The third kappa shape index (κ3) is 3.13. The van der Waals surface area contributed by atoms with Crippen molar-refractivity contribution in [2.24, 2.45) is 5.41 Å². The molecule has 0 bridgehead atoms. The molecule has 1 fully saturated rings. The van der Waals surface area contributed by atoms with E-state index in [2.05, 4.69) is 5.32 Å². The lowest BCUT2D eigenvalue weighted by Crippen LogP contribution is -2.62. The SMILES string of the molecule is CC1(C)CC(=O)C(C23C(=O)Nc4ccccc4N2C(=O)C(=O)/C3=C(/O)c2ccc(Cl)cc2)=C(O)C1. The van der Waals surface area contributed by atoms with Crippen LogP contribution in [0.1, 0.15) is 32.3 Å². The van der Waals surface area contributed by atoms with Crippen LogP contribution in [0.4, 0.5) is 11.4 Å². The molecule has 5 rings (SSSR count). The maximum atomic E-state index is 13.9. The summed E-state index contributed by atoms with van der Waals surface area (Å²) in [5, 5.41) is 25.5. The van der Waals surface area contributed by atoms with Crippen molar-refractivity contribution in [1.29, 1.82) is 0 Å². The summed E-state index contributed by atoms with van der Waals surface area (Å²) in [4.78, 5) is 55.2. The number of nitrogens with one attached hydrogen (secondary N) is 1. The van der Waals surface area contributed by atoms with Gasteiger partial charge >= 0.3 is 5.91 Å². The highest BCUT2D eigenvalue weighted by Crippen LogP contribution is 2.53. The van der Waals surface area contributed by atoms with Crippen molar-refractivity contribution in [1.82, 2.24) is 0 Å². The number of fused-ring (bicyclic) bond motifs is 3. The average Bonchev–Trinajstić information content (AvgIpc) is 3.01. The molecule has 0 radical (unpaired) electrons. The zero-order valence-corrected chi connectivity index (χ0v) is 19.6. The zero-order valence-electron chi connectivity index (χ0n) is 18.9. The van der Waals surface area contributed by atoms with Crippen LogP contribution in [0.25, 0.3) is 5.76 Å². The summed E-state index contributed by atoms with van der Waals surface area (Å²) < 4.78 is 0. The molecule has 1 atom stereocenters. The van der Waals surface area contributed by atoms with Gasteiger partial charge in [0.25, 0.3) is 11.7 Å². The fraction of sp³-hybridized carbons (Fsp3) is 0.231. The molecule has 2 amide bonds. The molecule has 2 aromatic rings. The van der Waals surface area contributed by atoms with Crippen molar-refractivity contribution < 1.29 is 29.4 Å². The number of carbonyl (C=O) groups is 4. The molecule has 0 spiro atoms. The number of ketones is 2. The summed E-state index contributed by atoms with van der Waals surface area (Å²) >= 11 is 5.96. The van der Waals surface area contributed by atoms with Gasteiger partial charge in [-0.1, -0.05) is 37.6 Å². The molecule has 178 valence electrons. The minimum atomic E-state index is -2.39. The van der Waals surface area contributed by atoms with Gasteiger partial charge in [-0.3, -0.25) is 24.1 Å². The maximum absolute atomic E-state index is 13.9. The average molecular weight is 493 g/mol. The van der Waals surface area contributed by atoms with Crippen LogP contribution in [0.3, 0.4) is 0 Å². The van der Waals surface area contributed by atoms with Crippen LogP contribution in [-0.4, -0.2) is 39.1 Å². The van der Waals surface area contributed by atoms with Gasteiger partial charge in [-0.25, -0.2) is 0 Å². The Morgan fingerprint density at radius 2 is 1.66 bits per heavy atom. The molecule has 35 heavy (non-hydrogen) atoms. The van der Waals surface area contributed by atoms with E-state index in [-0.39, 0.29) is 29.8 Å². The van der Waals surface area contributed by atoms with Crippen LogP contribution in [0.15, 0.2) is 65.4 Å². The van der Waals surface area contributed by atoms with E-state index < -0.39 is 57.0 Å². The number of nitrogens with zero attached hydrogens (tertiary/aromatic N) is 1. The van der Waals surface area contributed by atoms with E-state index in [1.54, 1.807) is 32.0 Å². The normalized spacial score (nSPS) is 24.8. The number of aliphatic hydroxyl groups is 2. The summed E-state index contributed by atoms with van der Waals surface area (Å²) in [6.45, 7) is 3.58. The second-order valence-electron chi connectivity index (χ2n) is 9.64. The van der Waals surface area contributed by atoms with Crippen molar-refractivity contribution in [3.63, 3.8) is 0 Å². The van der Waals surface area contributed by atoms with Gasteiger partial charge in [0.2, 0.25) is 0 Å². The highest BCUT2D eigenvalue weighted by Gasteiger charge is 2.68. The van der Waals surface area contributed by atoms with Crippen LogP contribution in [-0.2, 0) is 19.2 Å². The van der Waals surface area contributed by atoms with E-state index in [9.17, 15) is 29.4 Å². The maximum Gasteiger partial charge on any atom is 0.300 e. The number of amides is 2. The largest absolute Gasteiger partial charge is 0.512 e. The fourth-order valence-electron chi connectivity index (χ4n) is 5.21. The second-order valence-corrected chi connectivity index (χ2v) is 10.1. The quantitative estimate of drug-likeness (QED) is 0.329. The molecule has 0 aromatic heterocycles. The smallest absolute Gasteiger partial charge is 0.300 e. The Kier molecular flexibility index (Phi) is 4.93. The van der Waals surface area contributed by atoms with E-state index in [0.29, 0.717) is 5.02 Å². The lowest BCUT2D eigenvalue weighted by Gasteiger charge is -2.44.